The van der Waals surface area contributed by atoms with Crippen LogP contribution in [0.1, 0.15) is 49.6 Å². The van der Waals surface area contributed by atoms with Crippen molar-refractivity contribution in [3.63, 3.8) is 0 Å². The minimum Gasteiger partial charge on any atom is -0.374 e. The van der Waals surface area contributed by atoms with Crippen LogP contribution in [0.15, 0.2) is 53.2 Å². The molecule has 1 unspecified atom stereocenters. The highest BCUT2D eigenvalue weighted by atomic mass is 127. The summed E-state index contributed by atoms with van der Waals surface area (Å²) in [5.74, 6) is -1.13. The number of benzene rings is 2. The zero-order valence-electron chi connectivity index (χ0n) is 20.5. The molecule has 0 saturated heterocycles. The fourth-order valence-corrected chi connectivity index (χ4v) is 6.45. The Bertz CT molecular complexity index is 1480. The second-order valence-electron chi connectivity index (χ2n) is 9.18. The summed E-state index contributed by atoms with van der Waals surface area (Å²) in [6, 6.07) is 10.5. The van der Waals surface area contributed by atoms with Crippen molar-refractivity contribution in [3.05, 3.63) is 74.3 Å². The molecule has 1 atom stereocenters. The Morgan fingerprint density at radius 1 is 1.13 bits per heavy atom. The second-order valence-corrected chi connectivity index (χ2v) is 11.5. The van der Waals surface area contributed by atoms with Gasteiger partial charge in [-0.25, -0.2) is 9.07 Å². The van der Waals surface area contributed by atoms with Crippen molar-refractivity contribution >= 4 is 36.8 Å². The smallest absolute Gasteiger partial charge is 0.374 e. The summed E-state index contributed by atoms with van der Waals surface area (Å²) in [6.07, 6.45) is -0.825. The molecule has 2 aromatic carbocycles. The topological polar surface area (TPSA) is 76.1 Å². The molecule has 39 heavy (non-hydrogen) atoms. The molecule has 1 aliphatic rings. The van der Waals surface area contributed by atoms with Gasteiger partial charge in [0.1, 0.15) is 17.7 Å². The van der Waals surface area contributed by atoms with Gasteiger partial charge in [-0.3, -0.25) is 5.32 Å². The van der Waals surface area contributed by atoms with E-state index in [-0.39, 0.29) is 39.3 Å². The first-order valence-corrected chi connectivity index (χ1v) is 15.2. The van der Waals surface area contributed by atoms with E-state index in [1.165, 1.54) is 18.2 Å². The van der Waals surface area contributed by atoms with E-state index in [9.17, 15) is 22.7 Å². The Hall–Kier alpha value is -2.61. The van der Waals surface area contributed by atoms with E-state index in [2.05, 4.69) is 20.1 Å². The number of hydrogen-bond acceptors (Lipinski definition) is 5. The first-order chi connectivity index (χ1) is 18.7. The lowest BCUT2D eigenvalue weighted by molar-refractivity contribution is -0.142. The Balaban J connectivity index is 1.72. The lowest BCUT2D eigenvalue weighted by atomic mass is 9.94. The summed E-state index contributed by atoms with van der Waals surface area (Å²) in [5.41, 5.74) is -1.81. The van der Waals surface area contributed by atoms with Gasteiger partial charge in [0.05, 0.1) is 33.6 Å². The number of aliphatic hydroxyl groups is 1. The van der Waals surface area contributed by atoms with Gasteiger partial charge in [0.25, 0.3) is 0 Å². The van der Waals surface area contributed by atoms with Gasteiger partial charge in [0.2, 0.25) is 0 Å². The maximum atomic E-state index is 15.0. The zero-order chi connectivity index (χ0) is 27.7. The Labute approximate surface area is 236 Å². The van der Waals surface area contributed by atoms with Gasteiger partial charge in [-0.05, 0) is 37.1 Å². The first kappa shape index (κ1) is 27.9. The molecular weight excluding hydrogens is 651 g/mol. The number of hydrogen-bond donors (Lipinski definition) is 2. The number of nitrogens with one attached hydrogen (secondary N) is 1. The summed E-state index contributed by atoms with van der Waals surface area (Å²) < 4.78 is 69.7. The van der Waals surface area contributed by atoms with Crippen LogP contribution in [0.3, 0.4) is 0 Å². The summed E-state index contributed by atoms with van der Waals surface area (Å²) in [4.78, 5) is 0. The minimum atomic E-state index is -4.86. The molecule has 0 spiro atoms. The number of rotatable bonds is 7. The van der Waals surface area contributed by atoms with E-state index in [1.807, 2.05) is 0 Å². The van der Waals surface area contributed by atoms with Crippen molar-refractivity contribution in [2.75, 3.05) is 0 Å². The molecule has 6 nitrogen and oxygen atoms in total. The summed E-state index contributed by atoms with van der Waals surface area (Å²) >= 11 is 5.47. The van der Waals surface area contributed by atoms with Gasteiger partial charge in [0.15, 0.2) is 11.5 Å². The molecule has 2 aromatic heterocycles. The van der Waals surface area contributed by atoms with Gasteiger partial charge in [-0.1, -0.05) is 79.5 Å². The van der Waals surface area contributed by atoms with Crippen molar-refractivity contribution in [3.8, 4) is 28.3 Å². The number of aliphatic hydroxyl groups excluding tert-OH is 1. The third kappa shape index (κ3) is 5.54. The normalized spacial score (nSPS) is 15.5. The van der Waals surface area contributed by atoms with Crippen LogP contribution in [0.25, 0.3) is 28.3 Å². The molecule has 0 amide bonds. The number of nitrogens with zero attached hydrogens (tertiary/aromatic N) is 3. The van der Waals surface area contributed by atoms with E-state index in [1.54, 1.807) is 18.2 Å². The van der Waals surface area contributed by atoms with E-state index in [4.69, 9.17) is 16.1 Å². The predicted molar refractivity (Wildman–Crippen MR) is 149 cm³/mol. The summed E-state index contributed by atoms with van der Waals surface area (Å²) in [6.45, 7) is 0. The fourth-order valence-electron chi connectivity index (χ4n) is 4.93. The van der Waals surface area contributed by atoms with E-state index >= 15 is 0 Å². The highest BCUT2D eigenvalue weighted by Gasteiger charge is 2.42. The van der Waals surface area contributed by atoms with Crippen molar-refractivity contribution in [2.24, 2.45) is 0 Å². The van der Waals surface area contributed by atoms with Crippen molar-refractivity contribution in [1.29, 1.82) is 0 Å². The maximum Gasteiger partial charge on any atom is 0.434 e. The van der Waals surface area contributed by atoms with Crippen LogP contribution in [0.5, 0.6) is 0 Å². The average Bonchev–Trinajstić information content (AvgIpc) is 3.54. The Morgan fingerprint density at radius 2 is 1.87 bits per heavy atom. The van der Waals surface area contributed by atoms with Gasteiger partial charge in [-0.15, -0.1) is 0 Å². The Kier molecular flexibility index (Phi) is 8.22. The van der Waals surface area contributed by atoms with Crippen molar-refractivity contribution in [1.82, 2.24) is 20.3 Å². The first-order valence-electron chi connectivity index (χ1n) is 12.2. The van der Waals surface area contributed by atoms with Crippen LogP contribution in [0, 0.1) is 9.39 Å². The predicted octanol–water partition coefficient (Wildman–Crippen LogP) is 7.49. The molecule has 2 heterocycles. The average molecular weight is 675 g/mol. The van der Waals surface area contributed by atoms with Crippen LogP contribution < -0.4 is 5.32 Å². The van der Waals surface area contributed by atoms with Crippen molar-refractivity contribution in [2.45, 2.75) is 50.6 Å². The molecular formula is C27H24ClF4IN4O2. The fraction of sp³-hybridized carbons (Fsp3) is 0.296. The van der Waals surface area contributed by atoms with E-state index < -0.39 is 50.2 Å². The molecule has 12 heteroatoms. The number of aromatic nitrogens is 3. The minimum absolute atomic E-state index is 0.0268. The molecule has 5 rings (SSSR count). The third-order valence-corrected chi connectivity index (χ3v) is 8.76. The number of alkyl halides is 3. The molecule has 0 bridgehead atoms. The van der Waals surface area contributed by atoms with Crippen molar-refractivity contribution < 1.29 is 27.2 Å². The molecule has 4 aromatic rings. The van der Waals surface area contributed by atoms with Crippen LogP contribution in [0.2, 0.25) is 5.02 Å². The van der Waals surface area contributed by atoms with E-state index in [0.717, 1.165) is 49.0 Å². The quantitative estimate of drug-likeness (QED) is 0.121. The second kappa shape index (κ2) is 11.5. The lowest BCUT2D eigenvalue weighted by Crippen LogP contribution is -2.34. The van der Waals surface area contributed by atoms with E-state index in [0.29, 0.717) is 3.57 Å². The standard InChI is InChI=1S/C27H24ClF4IN4O2/c1-33-19-12-5-6-13-20(19)37-25(27(30,31)32)16(14-34-37)24-22(26(38)35-15-8-3-2-4-9-15)23(36-39-24)21-17(28)10-7-11-18(21)29/h5-7,10-15,26,35,38H,1-4,8-9H2. The SMILES string of the molecule is C=Ic1ccccc1-n1ncc(-c2onc(-c3c(F)cccc3Cl)c2C(O)NC2CCCCC2)c1C(F)(F)F. The molecule has 0 aliphatic heterocycles. The molecule has 1 aliphatic carbocycles. The lowest BCUT2D eigenvalue weighted by Gasteiger charge is -2.26. The monoisotopic (exact) mass is 674 g/mol. The summed E-state index contributed by atoms with van der Waals surface area (Å²) in [5, 5.41) is 22.4. The number of halogens is 6. The largest absolute Gasteiger partial charge is 0.434 e. The van der Waals surface area contributed by atoms with Gasteiger partial charge in [-0.2, -0.15) is 18.3 Å². The van der Waals surface area contributed by atoms with Gasteiger partial charge < -0.3 is 9.63 Å². The van der Waals surface area contributed by atoms with Crippen LogP contribution in [0.4, 0.5) is 17.6 Å². The molecule has 0 radical (unpaired) electrons. The highest BCUT2D eigenvalue weighted by Crippen LogP contribution is 2.45. The maximum absolute atomic E-state index is 15.0. The van der Waals surface area contributed by atoms with Gasteiger partial charge >= 0.3 is 6.18 Å². The third-order valence-electron chi connectivity index (χ3n) is 6.71. The zero-order valence-corrected chi connectivity index (χ0v) is 23.4. The molecule has 1 fully saturated rings. The van der Waals surface area contributed by atoms with Crippen LogP contribution in [-0.4, -0.2) is 30.6 Å². The Morgan fingerprint density at radius 3 is 2.56 bits per heavy atom. The molecule has 1 saturated carbocycles. The molecule has 2 N–H and O–H groups in total. The van der Waals surface area contributed by atoms with Crippen LogP contribution >= 0.6 is 32.3 Å². The van der Waals surface area contributed by atoms with Gasteiger partial charge in [0, 0.05) is 9.61 Å². The summed E-state index contributed by atoms with van der Waals surface area (Å²) in [7, 11) is 0. The van der Waals surface area contributed by atoms with Crippen LogP contribution in [-0.2, 0) is 6.18 Å². The molecule has 206 valence electrons. The number of para-hydroxylation sites is 1. The highest BCUT2D eigenvalue weighted by molar-refractivity contribution is 14.2.